The quantitative estimate of drug-likeness (QED) is 0.511. The topological polar surface area (TPSA) is 34.4 Å². The van der Waals surface area contributed by atoms with E-state index in [2.05, 4.69) is 29.3 Å². The number of ether oxygens (including phenoxy) is 1. The summed E-state index contributed by atoms with van der Waals surface area (Å²) in [7, 11) is 2.01. The number of phenolic OH excluding ortho intramolecular Hbond substituents is 1. The van der Waals surface area contributed by atoms with Crippen LogP contribution in [-0.4, -0.2) is 9.67 Å². The Hall–Kier alpha value is -3.46. The van der Waals surface area contributed by atoms with Crippen LogP contribution in [0.4, 0.5) is 0 Å². The van der Waals surface area contributed by atoms with Gasteiger partial charge in [-0.05, 0) is 23.8 Å². The molecular weight excluding hydrogens is 334 g/mol. The number of aromatic hydroxyl groups is 1. The predicted molar refractivity (Wildman–Crippen MR) is 110 cm³/mol. The molecule has 1 heterocycles. The Morgan fingerprint density at radius 2 is 1.70 bits per heavy atom. The van der Waals surface area contributed by atoms with Gasteiger partial charge in [-0.25, -0.2) is 0 Å². The van der Waals surface area contributed by atoms with E-state index in [9.17, 15) is 5.11 Å². The number of fused-ring (bicyclic) bond motifs is 1. The highest BCUT2D eigenvalue weighted by atomic mass is 16.5. The molecule has 134 valence electrons. The van der Waals surface area contributed by atoms with Crippen LogP contribution in [-0.2, 0) is 13.7 Å². The molecule has 0 saturated heterocycles. The second-order valence-corrected chi connectivity index (χ2v) is 6.55. The van der Waals surface area contributed by atoms with Gasteiger partial charge in [-0.15, -0.1) is 0 Å². The largest absolute Gasteiger partial charge is 0.504 e. The molecule has 1 N–H and O–H groups in total. The lowest BCUT2D eigenvalue weighted by molar-refractivity contribution is 0.289. The number of para-hydroxylation sites is 2. The van der Waals surface area contributed by atoms with Crippen LogP contribution in [0.25, 0.3) is 16.5 Å². The van der Waals surface area contributed by atoms with E-state index in [0.29, 0.717) is 17.9 Å². The van der Waals surface area contributed by atoms with Gasteiger partial charge in [-0.3, -0.25) is 0 Å². The maximum atomic E-state index is 10.8. The van der Waals surface area contributed by atoms with E-state index in [-0.39, 0.29) is 5.75 Å². The summed E-state index contributed by atoms with van der Waals surface area (Å²) in [6.07, 6.45) is 0. The van der Waals surface area contributed by atoms with Crippen LogP contribution in [0, 0.1) is 0 Å². The third-order valence-corrected chi connectivity index (χ3v) is 4.82. The zero-order valence-electron chi connectivity index (χ0n) is 15.2. The highest BCUT2D eigenvalue weighted by Gasteiger charge is 2.16. The Balaban J connectivity index is 1.65. The number of aryl methyl sites for hydroxylation is 1. The lowest BCUT2D eigenvalue weighted by atomic mass is 10.0. The van der Waals surface area contributed by atoms with Gasteiger partial charge >= 0.3 is 0 Å². The molecule has 3 aromatic carbocycles. The Labute approximate surface area is 158 Å². The first-order valence-electron chi connectivity index (χ1n) is 8.88. The molecule has 3 nitrogen and oxygen atoms in total. The summed E-state index contributed by atoms with van der Waals surface area (Å²) in [6, 6.07) is 25.7. The molecule has 0 atom stereocenters. The van der Waals surface area contributed by atoms with E-state index >= 15 is 0 Å². The van der Waals surface area contributed by atoms with Gasteiger partial charge in [0, 0.05) is 34.8 Å². The minimum atomic E-state index is 0.115. The number of rotatable bonds is 5. The van der Waals surface area contributed by atoms with Crippen molar-refractivity contribution in [1.82, 2.24) is 4.57 Å². The maximum absolute atomic E-state index is 10.8. The number of aromatic nitrogens is 1. The molecule has 0 saturated carbocycles. The first-order chi connectivity index (χ1) is 13.1. The third kappa shape index (κ3) is 3.20. The molecule has 1 aromatic heterocycles. The number of benzene rings is 3. The Bertz CT molecular complexity index is 1110. The molecule has 3 heteroatoms. The van der Waals surface area contributed by atoms with Crippen LogP contribution in [0.3, 0.4) is 0 Å². The van der Waals surface area contributed by atoms with Crippen LogP contribution in [0.5, 0.6) is 11.5 Å². The van der Waals surface area contributed by atoms with Crippen LogP contribution in [0.1, 0.15) is 16.8 Å². The third-order valence-electron chi connectivity index (χ3n) is 4.82. The van der Waals surface area contributed by atoms with Crippen molar-refractivity contribution in [3.05, 3.63) is 102 Å². The Morgan fingerprint density at radius 1 is 0.963 bits per heavy atom. The van der Waals surface area contributed by atoms with Crippen molar-refractivity contribution in [2.24, 2.45) is 7.05 Å². The zero-order chi connectivity index (χ0) is 18.8. The fourth-order valence-corrected chi connectivity index (χ4v) is 3.33. The van der Waals surface area contributed by atoms with Gasteiger partial charge in [0.05, 0.1) is 0 Å². The second kappa shape index (κ2) is 7.04. The smallest absolute Gasteiger partial charge is 0.165 e. The van der Waals surface area contributed by atoms with E-state index in [0.717, 1.165) is 27.7 Å². The molecule has 0 bridgehead atoms. The van der Waals surface area contributed by atoms with Gasteiger partial charge in [-0.1, -0.05) is 67.2 Å². The number of nitrogens with zero attached hydrogens (tertiary/aromatic N) is 1. The molecular formula is C24H21NO2. The first-order valence-corrected chi connectivity index (χ1v) is 8.88. The van der Waals surface area contributed by atoms with E-state index in [1.165, 1.54) is 0 Å². The summed E-state index contributed by atoms with van der Waals surface area (Å²) in [5.74, 6) is 0.569. The summed E-state index contributed by atoms with van der Waals surface area (Å²) in [6.45, 7) is 4.64. The SMILES string of the molecule is C=C(c1cccc(OCc2ccccc2)c1O)c1cc2ccccc2n1C. The van der Waals surface area contributed by atoms with Crippen LogP contribution < -0.4 is 4.74 Å². The lowest BCUT2D eigenvalue weighted by Crippen LogP contribution is -1.99. The molecule has 0 unspecified atom stereocenters. The van der Waals surface area contributed by atoms with Crippen molar-refractivity contribution in [2.75, 3.05) is 0 Å². The zero-order valence-corrected chi connectivity index (χ0v) is 15.2. The van der Waals surface area contributed by atoms with Gasteiger partial charge in [0.1, 0.15) is 6.61 Å². The van der Waals surface area contributed by atoms with Gasteiger partial charge in [0.2, 0.25) is 0 Å². The molecule has 0 aliphatic carbocycles. The van der Waals surface area contributed by atoms with Gasteiger partial charge < -0.3 is 14.4 Å². The Morgan fingerprint density at radius 3 is 2.48 bits per heavy atom. The van der Waals surface area contributed by atoms with Crippen molar-refractivity contribution < 1.29 is 9.84 Å². The molecule has 0 spiro atoms. The summed E-state index contributed by atoms with van der Waals surface area (Å²) in [5.41, 5.74) is 4.58. The average molecular weight is 355 g/mol. The highest BCUT2D eigenvalue weighted by molar-refractivity contribution is 5.90. The normalized spacial score (nSPS) is 10.9. The van der Waals surface area contributed by atoms with Crippen molar-refractivity contribution in [1.29, 1.82) is 0 Å². The van der Waals surface area contributed by atoms with E-state index in [1.807, 2.05) is 61.6 Å². The molecule has 0 fully saturated rings. The van der Waals surface area contributed by atoms with Gasteiger partial charge in [-0.2, -0.15) is 0 Å². The van der Waals surface area contributed by atoms with Crippen LogP contribution in [0.2, 0.25) is 0 Å². The van der Waals surface area contributed by atoms with E-state index in [4.69, 9.17) is 4.74 Å². The summed E-state index contributed by atoms with van der Waals surface area (Å²) < 4.78 is 7.93. The average Bonchev–Trinajstić information content (AvgIpc) is 3.04. The predicted octanol–water partition coefficient (Wildman–Crippen LogP) is 5.52. The summed E-state index contributed by atoms with van der Waals surface area (Å²) >= 11 is 0. The fraction of sp³-hybridized carbons (Fsp3) is 0.0833. The highest BCUT2D eigenvalue weighted by Crippen LogP contribution is 2.37. The molecule has 0 amide bonds. The molecule has 0 aliphatic rings. The van der Waals surface area contributed by atoms with Crippen LogP contribution >= 0.6 is 0 Å². The van der Waals surface area contributed by atoms with Gasteiger partial charge in [0.15, 0.2) is 11.5 Å². The maximum Gasteiger partial charge on any atom is 0.165 e. The molecule has 4 rings (SSSR count). The second-order valence-electron chi connectivity index (χ2n) is 6.55. The van der Waals surface area contributed by atoms with Crippen molar-refractivity contribution >= 4 is 16.5 Å². The molecule has 27 heavy (non-hydrogen) atoms. The van der Waals surface area contributed by atoms with Crippen molar-refractivity contribution in [3.8, 4) is 11.5 Å². The minimum absolute atomic E-state index is 0.115. The van der Waals surface area contributed by atoms with E-state index in [1.54, 1.807) is 6.07 Å². The summed E-state index contributed by atoms with van der Waals surface area (Å²) in [5, 5.41) is 11.9. The number of hydrogen-bond acceptors (Lipinski definition) is 2. The van der Waals surface area contributed by atoms with E-state index < -0.39 is 0 Å². The molecule has 4 aromatic rings. The first kappa shape index (κ1) is 17.0. The standard InChI is InChI=1S/C24H21NO2/c1-17(22-15-19-11-6-7-13-21(19)25(22)2)20-12-8-14-23(24(20)26)27-16-18-9-4-3-5-10-18/h3-15,26H,1,16H2,2H3. The monoisotopic (exact) mass is 355 g/mol. The number of hydrogen-bond donors (Lipinski definition) is 1. The van der Waals surface area contributed by atoms with Crippen molar-refractivity contribution in [3.63, 3.8) is 0 Å². The Kier molecular flexibility index (Phi) is 4.43. The summed E-state index contributed by atoms with van der Waals surface area (Å²) in [4.78, 5) is 0. The molecule has 0 radical (unpaired) electrons. The fourth-order valence-electron chi connectivity index (χ4n) is 3.33. The van der Waals surface area contributed by atoms with Gasteiger partial charge in [0.25, 0.3) is 0 Å². The number of phenols is 1. The van der Waals surface area contributed by atoms with Crippen LogP contribution in [0.15, 0.2) is 85.4 Å². The van der Waals surface area contributed by atoms with Crippen molar-refractivity contribution in [2.45, 2.75) is 6.61 Å². The molecule has 0 aliphatic heterocycles. The minimum Gasteiger partial charge on any atom is -0.504 e. The lowest BCUT2D eigenvalue weighted by Gasteiger charge is -2.14.